The fourth-order valence-corrected chi connectivity index (χ4v) is 2.88. The molecule has 0 saturated carbocycles. The third kappa shape index (κ3) is 3.39. The minimum Gasteiger partial charge on any atom is -0.508 e. The van der Waals surface area contributed by atoms with Gasteiger partial charge in [-0.25, -0.2) is 0 Å². The number of rotatable bonds is 4. The summed E-state index contributed by atoms with van der Waals surface area (Å²) in [6.07, 6.45) is 0.808. The topological polar surface area (TPSA) is 98.0 Å². The van der Waals surface area contributed by atoms with Crippen LogP contribution in [-0.4, -0.2) is 20.0 Å². The summed E-state index contributed by atoms with van der Waals surface area (Å²) in [5, 5.41) is 18.8. The van der Waals surface area contributed by atoms with E-state index in [4.69, 9.17) is 0 Å². The van der Waals surface area contributed by atoms with Crippen molar-refractivity contribution in [1.29, 1.82) is 0 Å². The van der Waals surface area contributed by atoms with E-state index >= 15 is 0 Å². The van der Waals surface area contributed by atoms with Gasteiger partial charge >= 0.3 is 7.60 Å². The molecule has 20 heavy (non-hydrogen) atoms. The average molecular weight is 294 g/mol. The number of aromatic hydroxyl groups is 2. The van der Waals surface area contributed by atoms with E-state index in [0.29, 0.717) is 12.8 Å². The predicted octanol–water partition coefficient (Wildman–Crippen LogP) is 1.69. The summed E-state index contributed by atoms with van der Waals surface area (Å²) in [6.45, 7) is 0. The Hall–Kier alpha value is -1.81. The molecule has 106 valence electrons. The molecule has 5 nitrogen and oxygen atoms in total. The van der Waals surface area contributed by atoms with Crippen LogP contribution in [0.5, 0.6) is 11.5 Å². The van der Waals surface area contributed by atoms with E-state index in [-0.39, 0.29) is 22.4 Å². The molecular weight excluding hydrogens is 279 g/mol. The molecule has 0 aliphatic heterocycles. The minimum atomic E-state index is -4.41. The highest BCUT2D eigenvalue weighted by atomic mass is 31.2. The van der Waals surface area contributed by atoms with Crippen LogP contribution >= 0.6 is 7.60 Å². The van der Waals surface area contributed by atoms with Crippen molar-refractivity contribution in [2.45, 2.75) is 12.8 Å². The summed E-state index contributed by atoms with van der Waals surface area (Å²) in [5.74, 6) is 0.0387. The Balaban J connectivity index is 2.25. The molecule has 0 radical (unpaired) electrons. The molecule has 2 aromatic carbocycles. The second-order valence-electron chi connectivity index (χ2n) is 4.49. The first kappa shape index (κ1) is 14.6. The Kier molecular flexibility index (Phi) is 4.14. The molecule has 0 amide bonds. The fourth-order valence-electron chi connectivity index (χ4n) is 2.02. The van der Waals surface area contributed by atoms with Crippen molar-refractivity contribution in [2.75, 3.05) is 0 Å². The van der Waals surface area contributed by atoms with Crippen LogP contribution in [-0.2, 0) is 17.4 Å². The maximum absolute atomic E-state index is 11.4. The Morgan fingerprint density at radius 2 is 1.55 bits per heavy atom. The Labute approximate surface area is 116 Å². The number of phenolic OH excluding ortho intramolecular Hbond substituents is 2. The first-order chi connectivity index (χ1) is 9.38. The highest BCUT2D eigenvalue weighted by Crippen LogP contribution is 2.37. The zero-order chi connectivity index (χ0) is 14.8. The van der Waals surface area contributed by atoms with Crippen LogP contribution in [0.25, 0.3) is 0 Å². The van der Waals surface area contributed by atoms with Gasteiger partial charge in [-0.15, -0.1) is 0 Å². The van der Waals surface area contributed by atoms with Crippen LogP contribution in [0.1, 0.15) is 11.1 Å². The molecule has 0 saturated heterocycles. The molecule has 0 aromatic heterocycles. The van der Waals surface area contributed by atoms with Gasteiger partial charge in [-0.05, 0) is 42.7 Å². The monoisotopic (exact) mass is 294 g/mol. The number of aryl methyl sites for hydroxylation is 1. The first-order valence-corrected chi connectivity index (χ1v) is 7.64. The Morgan fingerprint density at radius 3 is 2.15 bits per heavy atom. The van der Waals surface area contributed by atoms with Crippen molar-refractivity contribution < 1.29 is 24.6 Å². The summed E-state index contributed by atoms with van der Waals surface area (Å²) >= 11 is 0. The standard InChI is InChI=1S/C14H15O5P/c15-11-7-4-10(5-8-11)6-9-12-13(16)2-1-3-14(12)20(17,18)19/h1-5,7-8,15-16H,6,9H2,(H2,17,18,19). The van der Waals surface area contributed by atoms with Crippen molar-refractivity contribution in [3.8, 4) is 11.5 Å². The van der Waals surface area contributed by atoms with Crippen LogP contribution in [0.4, 0.5) is 0 Å². The molecular formula is C14H15O5P. The van der Waals surface area contributed by atoms with E-state index in [1.165, 1.54) is 18.2 Å². The van der Waals surface area contributed by atoms with Crippen LogP contribution in [0.15, 0.2) is 42.5 Å². The van der Waals surface area contributed by atoms with E-state index in [0.717, 1.165) is 5.56 Å². The summed E-state index contributed by atoms with van der Waals surface area (Å²) < 4.78 is 11.4. The lowest BCUT2D eigenvalue weighted by atomic mass is 10.0. The normalized spacial score (nSPS) is 11.5. The van der Waals surface area contributed by atoms with E-state index in [1.54, 1.807) is 24.3 Å². The zero-order valence-electron chi connectivity index (χ0n) is 10.6. The number of hydrogen-bond acceptors (Lipinski definition) is 3. The molecule has 2 rings (SSSR count). The lowest BCUT2D eigenvalue weighted by Gasteiger charge is -2.12. The van der Waals surface area contributed by atoms with Gasteiger partial charge in [-0.3, -0.25) is 4.57 Å². The molecule has 0 unspecified atom stereocenters. The van der Waals surface area contributed by atoms with Gasteiger partial charge < -0.3 is 20.0 Å². The second-order valence-corrected chi connectivity index (χ2v) is 6.06. The van der Waals surface area contributed by atoms with Crippen molar-refractivity contribution in [1.82, 2.24) is 0 Å². The lowest BCUT2D eigenvalue weighted by Crippen LogP contribution is -2.12. The molecule has 0 aliphatic rings. The number of benzene rings is 2. The van der Waals surface area contributed by atoms with Gasteiger partial charge in [0.2, 0.25) is 0 Å². The summed E-state index contributed by atoms with van der Waals surface area (Å²) in [7, 11) is -4.41. The average Bonchev–Trinajstić information content (AvgIpc) is 2.38. The molecule has 6 heteroatoms. The Morgan fingerprint density at radius 1 is 0.900 bits per heavy atom. The van der Waals surface area contributed by atoms with Crippen LogP contribution in [0, 0.1) is 0 Å². The SMILES string of the molecule is O=P(O)(O)c1cccc(O)c1CCc1ccc(O)cc1. The first-order valence-electron chi connectivity index (χ1n) is 6.03. The van der Waals surface area contributed by atoms with E-state index < -0.39 is 7.60 Å². The number of hydrogen-bond donors (Lipinski definition) is 4. The maximum Gasteiger partial charge on any atom is 0.356 e. The summed E-state index contributed by atoms with van der Waals surface area (Å²) in [5.41, 5.74) is 1.16. The van der Waals surface area contributed by atoms with E-state index in [1.807, 2.05) is 0 Å². The minimum absolute atomic E-state index is 0.121. The van der Waals surface area contributed by atoms with Crippen molar-refractivity contribution >= 4 is 12.9 Å². The molecule has 0 aliphatic carbocycles. The molecule has 0 fully saturated rings. The van der Waals surface area contributed by atoms with Gasteiger partial charge in [-0.1, -0.05) is 18.2 Å². The zero-order valence-corrected chi connectivity index (χ0v) is 11.5. The third-order valence-electron chi connectivity index (χ3n) is 3.04. The third-order valence-corrected chi connectivity index (χ3v) is 4.09. The van der Waals surface area contributed by atoms with Crippen molar-refractivity contribution in [3.05, 3.63) is 53.6 Å². The summed E-state index contributed by atoms with van der Waals surface area (Å²) in [4.78, 5) is 18.6. The molecule has 2 aromatic rings. The van der Waals surface area contributed by atoms with Gasteiger partial charge in [-0.2, -0.15) is 0 Å². The molecule has 0 bridgehead atoms. The van der Waals surface area contributed by atoms with Crippen LogP contribution in [0.3, 0.4) is 0 Å². The maximum atomic E-state index is 11.4. The smallest absolute Gasteiger partial charge is 0.356 e. The highest BCUT2D eigenvalue weighted by molar-refractivity contribution is 7.60. The quantitative estimate of drug-likeness (QED) is 0.643. The van der Waals surface area contributed by atoms with E-state index in [9.17, 15) is 24.6 Å². The fraction of sp³-hybridized carbons (Fsp3) is 0.143. The Bertz CT molecular complexity index is 645. The van der Waals surface area contributed by atoms with Gasteiger partial charge in [0.05, 0.1) is 5.30 Å². The van der Waals surface area contributed by atoms with E-state index in [2.05, 4.69) is 0 Å². The van der Waals surface area contributed by atoms with Crippen LogP contribution in [0.2, 0.25) is 0 Å². The second kappa shape index (κ2) is 5.67. The highest BCUT2D eigenvalue weighted by Gasteiger charge is 2.23. The largest absolute Gasteiger partial charge is 0.508 e. The van der Waals surface area contributed by atoms with Crippen molar-refractivity contribution in [2.24, 2.45) is 0 Å². The molecule has 4 N–H and O–H groups in total. The lowest BCUT2D eigenvalue weighted by molar-refractivity contribution is 0.386. The molecule has 0 atom stereocenters. The van der Waals surface area contributed by atoms with Crippen LogP contribution < -0.4 is 5.30 Å². The van der Waals surface area contributed by atoms with Gasteiger partial charge in [0, 0.05) is 5.56 Å². The molecule has 0 heterocycles. The summed E-state index contributed by atoms with van der Waals surface area (Å²) in [6, 6.07) is 10.7. The van der Waals surface area contributed by atoms with Gasteiger partial charge in [0.15, 0.2) is 0 Å². The predicted molar refractivity (Wildman–Crippen MR) is 75.3 cm³/mol. The van der Waals surface area contributed by atoms with Gasteiger partial charge in [0.1, 0.15) is 11.5 Å². The van der Waals surface area contributed by atoms with Crippen molar-refractivity contribution in [3.63, 3.8) is 0 Å². The number of phenols is 2. The molecule has 0 spiro atoms. The van der Waals surface area contributed by atoms with Gasteiger partial charge in [0.25, 0.3) is 0 Å².